The Kier molecular flexibility index (Phi) is 6.01. The van der Waals surface area contributed by atoms with Crippen LogP contribution in [0.25, 0.3) is 0 Å². The summed E-state index contributed by atoms with van der Waals surface area (Å²) in [6.45, 7) is -0.831. The molecule has 1 N–H and O–H groups in total. The second-order valence-electron chi connectivity index (χ2n) is 5.57. The fourth-order valence-electron chi connectivity index (χ4n) is 2.19. The summed E-state index contributed by atoms with van der Waals surface area (Å²) >= 11 is 0. The van der Waals surface area contributed by atoms with Crippen LogP contribution in [0.3, 0.4) is 0 Å². The van der Waals surface area contributed by atoms with Crippen molar-refractivity contribution in [1.29, 1.82) is 0 Å². The van der Waals surface area contributed by atoms with Crippen LogP contribution in [-0.2, 0) is 9.53 Å². The van der Waals surface area contributed by atoms with Gasteiger partial charge in [-0.1, -0.05) is 6.07 Å². The van der Waals surface area contributed by atoms with E-state index in [1.54, 1.807) is 14.1 Å². The first-order valence-corrected chi connectivity index (χ1v) is 7.57. The fourth-order valence-corrected chi connectivity index (χ4v) is 2.19. The Labute approximate surface area is 152 Å². The lowest BCUT2D eigenvalue weighted by Gasteiger charge is -2.16. The quantitative estimate of drug-likeness (QED) is 0.470. The molecule has 0 aliphatic carbocycles. The molecule has 0 radical (unpaired) electrons. The SMILES string of the molecule is CN(C)c1ccc([N+](=O)[O-])cc1C(=O)OCC(=O)Nc1c(F)cccc1F. The van der Waals surface area contributed by atoms with E-state index in [0.29, 0.717) is 5.69 Å². The van der Waals surface area contributed by atoms with Gasteiger partial charge in [0.2, 0.25) is 0 Å². The third kappa shape index (κ3) is 4.75. The van der Waals surface area contributed by atoms with Gasteiger partial charge in [-0.25, -0.2) is 13.6 Å². The number of carbonyl (C=O) groups is 2. The number of non-ortho nitro benzene ring substituents is 1. The Morgan fingerprint density at radius 2 is 1.81 bits per heavy atom. The Morgan fingerprint density at radius 1 is 1.19 bits per heavy atom. The number of halogens is 2. The number of hydrogen-bond acceptors (Lipinski definition) is 6. The number of carbonyl (C=O) groups excluding carboxylic acids is 2. The number of rotatable bonds is 6. The Morgan fingerprint density at radius 3 is 2.37 bits per heavy atom. The zero-order valence-corrected chi connectivity index (χ0v) is 14.4. The van der Waals surface area contributed by atoms with Gasteiger partial charge in [0.05, 0.1) is 16.2 Å². The lowest BCUT2D eigenvalue weighted by molar-refractivity contribution is -0.384. The molecule has 0 aromatic heterocycles. The summed E-state index contributed by atoms with van der Waals surface area (Å²) in [4.78, 5) is 35.8. The third-order valence-electron chi connectivity index (χ3n) is 3.45. The summed E-state index contributed by atoms with van der Waals surface area (Å²) in [7, 11) is 3.23. The monoisotopic (exact) mass is 379 g/mol. The molecule has 27 heavy (non-hydrogen) atoms. The van der Waals surface area contributed by atoms with Crippen LogP contribution in [0.4, 0.5) is 25.8 Å². The molecule has 0 aliphatic rings. The maximum Gasteiger partial charge on any atom is 0.341 e. The number of para-hydroxylation sites is 1. The standard InChI is InChI=1S/C17H15F2N3O5/c1-21(2)14-7-6-10(22(25)26)8-11(14)17(24)27-9-15(23)20-16-12(18)4-3-5-13(16)19/h3-8H,9H2,1-2H3,(H,20,23). The number of nitrogens with zero attached hydrogens (tertiary/aromatic N) is 2. The maximum atomic E-state index is 13.5. The van der Waals surface area contributed by atoms with Crippen LogP contribution in [0.5, 0.6) is 0 Å². The summed E-state index contributed by atoms with van der Waals surface area (Å²) in [5.41, 5.74) is -0.779. The van der Waals surface area contributed by atoms with Crippen LogP contribution >= 0.6 is 0 Å². The molecule has 0 bridgehead atoms. The molecule has 8 nitrogen and oxygen atoms in total. The van der Waals surface area contributed by atoms with E-state index in [-0.39, 0.29) is 11.3 Å². The molecular weight excluding hydrogens is 364 g/mol. The third-order valence-corrected chi connectivity index (χ3v) is 3.45. The van der Waals surface area contributed by atoms with Crippen molar-refractivity contribution in [2.45, 2.75) is 0 Å². The number of ether oxygens (including phenoxy) is 1. The normalized spacial score (nSPS) is 10.2. The van der Waals surface area contributed by atoms with Gasteiger partial charge in [0, 0.05) is 26.2 Å². The smallest absolute Gasteiger partial charge is 0.341 e. The van der Waals surface area contributed by atoms with Crippen molar-refractivity contribution in [3.8, 4) is 0 Å². The second kappa shape index (κ2) is 8.21. The van der Waals surface area contributed by atoms with Crippen LogP contribution < -0.4 is 10.2 Å². The van der Waals surface area contributed by atoms with E-state index in [1.165, 1.54) is 17.0 Å². The molecule has 2 aromatic carbocycles. The minimum Gasteiger partial charge on any atom is -0.452 e. The van der Waals surface area contributed by atoms with Gasteiger partial charge in [0.15, 0.2) is 6.61 Å². The van der Waals surface area contributed by atoms with E-state index in [0.717, 1.165) is 24.3 Å². The Hall–Kier alpha value is -3.56. The van der Waals surface area contributed by atoms with Crippen LogP contribution in [0.1, 0.15) is 10.4 Å². The van der Waals surface area contributed by atoms with Crippen molar-refractivity contribution in [2.75, 3.05) is 30.9 Å². The first kappa shape index (κ1) is 19.8. The van der Waals surface area contributed by atoms with E-state index in [2.05, 4.69) is 0 Å². The van der Waals surface area contributed by atoms with Gasteiger partial charge in [-0.2, -0.15) is 0 Å². The van der Waals surface area contributed by atoms with Gasteiger partial charge < -0.3 is 15.0 Å². The molecule has 2 aromatic rings. The summed E-state index contributed by atoms with van der Waals surface area (Å²) < 4.78 is 31.8. The van der Waals surface area contributed by atoms with Crippen LogP contribution in [0, 0.1) is 21.7 Å². The number of nitro groups is 1. The highest BCUT2D eigenvalue weighted by Gasteiger charge is 2.20. The lowest BCUT2D eigenvalue weighted by atomic mass is 10.1. The molecule has 0 saturated heterocycles. The average molecular weight is 379 g/mol. The minimum atomic E-state index is -0.994. The second-order valence-corrected chi connectivity index (χ2v) is 5.57. The molecule has 0 spiro atoms. The molecule has 2 rings (SSSR count). The predicted octanol–water partition coefficient (Wildman–Crippen LogP) is 2.73. The van der Waals surface area contributed by atoms with Crippen molar-refractivity contribution < 1.29 is 28.0 Å². The van der Waals surface area contributed by atoms with Crippen molar-refractivity contribution in [1.82, 2.24) is 0 Å². The Balaban J connectivity index is 2.12. The van der Waals surface area contributed by atoms with Crippen LogP contribution in [0.2, 0.25) is 0 Å². The molecular formula is C17H15F2N3O5. The first-order valence-electron chi connectivity index (χ1n) is 7.57. The van der Waals surface area contributed by atoms with Crippen molar-refractivity contribution in [2.24, 2.45) is 0 Å². The number of esters is 1. The molecule has 0 aliphatic heterocycles. The first-order chi connectivity index (χ1) is 12.7. The highest BCUT2D eigenvalue weighted by molar-refractivity contribution is 5.99. The van der Waals surface area contributed by atoms with Crippen molar-refractivity contribution >= 4 is 28.9 Å². The van der Waals surface area contributed by atoms with Crippen molar-refractivity contribution in [3.05, 3.63) is 63.7 Å². The number of anilines is 2. The predicted molar refractivity (Wildman–Crippen MR) is 92.7 cm³/mol. The highest BCUT2D eigenvalue weighted by atomic mass is 19.1. The number of amides is 1. The maximum absolute atomic E-state index is 13.5. The van der Waals surface area contributed by atoms with Crippen molar-refractivity contribution in [3.63, 3.8) is 0 Å². The molecule has 1 amide bonds. The lowest BCUT2D eigenvalue weighted by Crippen LogP contribution is -2.23. The van der Waals surface area contributed by atoms with E-state index >= 15 is 0 Å². The van der Waals surface area contributed by atoms with Gasteiger partial charge >= 0.3 is 5.97 Å². The molecule has 0 fully saturated rings. The molecule has 0 unspecified atom stereocenters. The minimum absolute atomic E-state index is 0.126. The van der Waals surface area contributed by atoms with Gasteiger partial charge in [0.25, 0.3) is 11.6 Å². The summed E-state index contributed by atoms with van der Waals surface area (Å²) in [5.74, 6) is -3.93. The van der Waals surface area contributed by atoms with E-state index in [1.807, 2.05) is 5.32 Å². The van der Waals surface area contributed by atoms with E-state index in [4.69, 9.17) is 4.74 Å². The number of benzene rings is 2. The van der Waals surface area contributed by atoms with Gasteiger partial charge in [-0.15, -0.1) is 0 Å². The summed E-state index contributed by atoms with van der Waals surface area (Å²) in [6, 6.07) is 6.65. The van der Waals surface area contributed by atoms with Gasteiger partial charge in [-0.05, 0) is 18.2 Å². The highest BCUT2D eigenvalue weighted by Crippen LogP contribution is 2.25. The van der Waals surface area contributed by atoms with Gasteiger partial charge in [-0.3, -0.25) is 14.9 Å². The molecule has 0 heterocycles. The van der Waals surface area contributed by atoms with Crippen LogP contribution in [-0.4, -0.2) is 37.5 Å². The molecule has 0 saturated carbocycles. The summed E-state index contributed by atoms with van der Waals surface area (Å²) in [6.07, 6.45) is 0. The topological polar surface area (TPSA) is 102 Å². The number of nitro benzene ring substituents is 1. The van der Waals surface area contributed by atoms with Gasteiger partial charge in [0.1, 0.15) is 17.3 Å². The zero-order valence-electron chi connectivity index (χ0n) is 14.4. The van der Waals surface area contributed by atoms with Crippen LogP contribution in [0.15, 0.2) is 36.4 Å². The fraction of sp³-hybridized carbons (Fsp3) is 0.176. The molecule has 10 heteroatoms. The van der Waals surface area contributed by atoms with E-state index in [9.17, 15) is 28.5 Å². The molecule has 0 atom stereocenters. The summed E-state index contributed by atoms with van der Waals surface area (Å²) in [5, 5.41) is 12.9. The largest absolute Gasteiger partial charge is 0.452 e. The van der Waals surface area contributed by atoms with E-state index < -0.39 is 40.7 Å². The number of nitrogens with one attached hydrogen (secondary N) is 1. The average Bonchev–Trinajstić information content (AvgIpc) is 2.62. The number of hydrogen-bond donors (Lipinski definition) is 1. The zero-order chi connectivity index (χ0) is 20.1. The molecule has 142 valence electrons. The Bertz CT molecular complexity index is 882.